The Balaban J connectivity index is 2.92. The van der Waals surface area contributed by atoms with Gasteiger partial charge in [-0.15, -0.1) is 0 Å². The minimum absolute atomic E-state index is 0.367. The number of nitrogens with one attached hydrogen (secondary N) is 1. The summed E-state index contributed by atoms with van der Waals surface area (Å²) in [6, 6.07) is 1.71. The number of alkyl halides is 2. The lowest BCUT2D eigenvalue weighted by molar-refractivity contribution is 0.0595. The van der Waals surface area contributed by atoms with E-state index in [0.29, 0.717) is 0 Å². The average Bonchev–Trinajstić information content (AvgIpc) is 2.60. The van der Waals surface area contributed by atoms with Crippen molar-refractivity contribution in [2.45, 2.75) is 18.3 Å². The number of benzene rings is 1. The topological polar surface area (TPSA) is 107 Å². The van der Waals surface area contributed by atoms with Crippen molar-refractivity contribution in [1.82, 2.24) is 0 Å². The van der Waals surface area contributed by atoms with Gasteiger partial charge in [-0.05, 0) is 18.6 Å². The molecule has 1 N–H and O–H groups in total. The highest BCUT2D eigenvalue weighted by Gasteiger charge is 2.27. The van der Waals surface area contributed by atoms with Crippen molar-refractivity contribution in [3.05, 3.63) is 28.5 Å². The molecule has 0 radical (unpaired) electrons. The predicted octanol–water partition coefficient (Wildman–Crippen LogP) is 2.47. The molecule has 7 nitrogen and oxygen atoms in total. The van der Waals surface area contributed by atoms with Gasteiger partial charge in [-0.1, -0.05) is 11.6 Å². The van der Waals surface area contributed by atoms with E-state index < -0.39 is 78.8 Å². The van der Waals surface area contributed by atoms with Crippen molar-refractivity contribution >= 4 is 43.1 Å². The highest BCUT2D eigenvalue weighted by Crippen LogP contribution is 2.30. The highest BCUT2D eigenvalue weighted by molar-refractivity contribution is 7.93. The van der Waals surface area contributed by atoms with Crippen LogP contribution in [-0.2, 0) is 24.6 Å². The van der Waals surface area contributed by atoms with Gasteiger partial charge in [0.1, 0.15) is 11.4 Å². The number of anilines is 1. The Labute approximate surface area is 159 Å². The molecular formula is C14H17ClF3NO6S2. The molecule has 1 unspecified atom stereocenters. The number of carbonyl (C=O) groups excluding carboxylic acids is 1. The molecule has 27 heavy (non-hydrogen) atoms. The zero-order chi connectivity index (χ0) is 20.8. The number of carbonyl (C=O) groups is 1. The first-order chi connectivity index (χ1) is 12.4. The molecule has 0 aliphatic heterocycles. The van der Waals surface area contributed by atoms with Crippen molar-refractivity contribution < 1.29 is 39.5 Å². The number of sulfonamides is 1. The number of hydrogen-bond acceptors (Lipinski definition) is 6. The first-order valence-electron chi connectivity index (χ1n) is 7.43. The monoisotopic (exact) mass is 451 g/mol. The molecule has 1 rings (SSSR count). The van der Waals surface area contributed by atoms with Gasteiger partial charge < -0.3 is 4.74 Å². The molecule has 13 heteroatoms. The molecule has 0 aliphatic rings. The van der Waals surface area contributed by atoms with Crippen LogP contribution < -0.4 is 4.72 Å². The fourth-order valence-corrected chi connectivity index (χ4v) is 4.80. The van der Waals surface area contributed by atoms with Crippen LogP contribution in [0, 0.1) is 5.82 Å². The van der Waals surface area contributed by atoms with Crippen LogP contribution in [0.2, 0.25) is 5.02 Å². The van der Waals surface area contributed by atoms with Gasteiger partial charge in [0.15, 0.2) is 9.84 Å². The van der Waals surface area contributed by atoms with Gasteiger partial charge in [0.25, 0.3) is 0 Å². The Kier molecular flexibility index (Phi) is 8.36. The van der Waals surface area contributed by atoms with Crippen LogP contribution in [0.25, 0.3) is 0 Å². The number of ether oxygens (including phenoxy) is 1. The summed E-state index contributed by atoms with van der Waals surface area (Å²) in [5.41, 5.74) is -3.55. The quantitative estimate of drug-likeness (QED) is 0.548. The lowest BCUT2D eigenvalue weighted by Crippen LogP contribution is -2.25. The zero-order valence-corrected chi connectivity index (χ0v) is 16.4. The van der Waals surface area contributed by atoms with Crippen LogP contribution in [0.15, 0.2) is 12.1 Å². The average molecular weight is 452 g/mol. The third-order valence-electron chi connectivity index (χ3n) is 3.31. The van der Waals surface area contributed by atoms with Crippen LogP contribution in [-0.4, -0.2) is 53.6 Å². The first kappa shape index (κ1) is 23.5. The molecule has 0 aliphatic carbocycles. The second-order valence-corrected chi connectivity index (χ2v) is 9.77. The maximum absolute atomic E-state index is 13.8. The minimum atomic E-state index is -4.29. The Bertz CT molecular complexity index is 892. The molecule has 0 fully saturated rings. The second-order valence-electron chi connectivity index (χ2n) is 5.30. The molecule has 0 saturated heterocycles. The fraction of sp³-hybridized carbons (Fsp3) is 0.500. The first-order valence-corrected chi connectivity index (χ1v) is 11.2. The smallest absolute Gasteiger partial charge is 0.342 e. The standard InChI is InChI=1S/C14H17ClF3NO6S2/c1-25-14(20)12-9(17)3-4-10(13(12)15)19-27(23,24)8-5-11(18)26(21,22)7-2-6-16/h3-4,11,19H,2,5-8H2,1H3. The molecule has 0 amide bonds. The normalized spacial score (nSPS) is 13.2. The summed E-state index contributed by atoms with van der Waals surface area (Å²) < 4.78 is 92.9. The van der Waals surface area contributed by atoms with Gasteiger partial charge in [0, 0.05) is 6.42 Å². The van der Waals surface area contributed by atoms with Crippen LogP contribution in [0.1, 0.15) is 23.2 Å². The van der Waals surface area contributed by atoms with E-state index in [4.69, 9.17) is 11.6 Å². The van der Waals surface area contributed by atoms with Gasteiger partial charge in [-0.2, -0.15) is 0 Å². The van der Waals surface area contributed by atoms with Gasteiger partial charge >= 0.3 is 5.97 Å². The van der Waals surface area contributed by atoms with Crippen LogP contribution in [0.5, 0.6) is 0 Å². The number of sulfone groups is 1. The van der Waals surface area contributed by atoms with E-state index in [1.54, 1.807) is 0 Å². The van der Waals surface area contributed by atoms with Gasteiger partial charge in [-0.3, -0.25) is 9.11 Å². The third kappa shape index (κ3) is 6.54. The second kappa shape index (κ2) is 9.60. The molecule has 0 heterocycles. The number of rotatable bonds is 10. The number of methoxy groups -OCH3 is 1. The summed E-state index contributed by atoms with van der Waals surface area (Å²) in [7, 11) is -7.60. The number of hydrogen-bond donors (Lipinski definition) is 1. The molecule has 0 bridgehead atoms. The van der Waals surface area contributed by atoms with Crippen molar-refractivity contribution in [1.29, 1.82) is 0 Å². The fourth-order valence-electron chi connectivity index (χ4n) is 1.95. The molecule has 0 saturated carbocycles. The molecule has 154 valence electrons. The molecule has 0 spiro atoms. The van der Waals surface area contributed by atoms with Crippen LogP contribution in [0.4, 0.5) is 18.9 Å². The molecule has 0 aromatic heterocycles. The minimum Gasteiger partial charge on any atom is -0.465 e. The SMILES string of the molecule is COC(=O)c1c(F)ccc(NS(=O)(=O)CCC(F)S(=O)(=O)CCCF)c1Cl. The van der Waals surface area contributed by atoms with Gasteiger partial charge in [0.2, 0.25) is 15.5 Å². The van der Waals surface area contributed by atoms with E-state index in [9.17, 15) is 34.8 Å². The Hall–Kier alpha value is -1.53. The Morgan fingerprint density at radius 1 is 1.26 bits per heavy atom. The summed E-state index contributed by atoms with van der Waals surface area (Å²) >= 11 is 5.81. The van der Waals surface area contributed by atoms with Crippen molar-refractivity contribution in [2.75, 3.05) is 30.0 Å². The summed E-state index contributed by atoms with van der Waals surface area (Å²) in [5, 5.41) is -0.571. The number of halogens is 4. The maximum Gasteiger partial charge on any atom is 0.342 e. The van der Waals surface area contributed by atoms with E-state index in [0.717, 1.165) is 19.2 Å². The zero-order valence-electron chi connectivity index (χ0n) is 14.0. The Morgan fingerprint density at radius 3 is 2.44 bits per heavy atom. The molecule has 1 aromatic carbocycles. The van der Waals surface area contributed by atoms with E-state index >= 15 is 0 Å². The maximum atomic E-state index is 13.8. The lowest BCUT2D eigenvalue weighted by Gasteiger charge is -2.13. The molecular weight excluding hydrogens is 435 g/mol. The summed E-state index contributed by atoms with van der Waals surface area (Å²) in [6.45, 7) is -0.947. The Morgan fingerprint density at radius 2 is 1.89 bits per heavy atom. The van der Waals surface area contributed by atoms with Gasteiger partial charge in [0.05, 0.1) is 36.0 Å². The number of esters is 1. The summed E-state index contributed by atoms with van der Waals surface area (Å²) in [4.78, 5) is 11.5. The summed E-state index contributed by atoms with van der Waals surface area (Å²) in [6.07, 6.45) is -1.29. The van der Waals surface area contributed by atoms with Crippen molar-refractivity contribution in [3.8, 4) is 0 Å². The van der Waals surface area contributed by atoms with Crippen LogP contribution >= 0.6 is 11.6 Å². The lowest BCUT2D eigenvalue weighted by atomic mass is 10.2. The van der Waals surface area contributed by atoms with Crippen molar-refractivity contribution in [3.63, 3.8) is 0 Å². The van der Waals surface area contributed by atoms with E-state index in [2.05, 4.69) is 4.74 Å². The van der Waals surface area contributed by atoms with E-state index in [1.807, 2.05) is 4.72 Å². The molecule has 1 aromatic rings. The molecule has 1 atom stereocenters. The van der Waals surface area contributed by atoms with E-state index in [-0.39, 0.29) is 5.69 Å². The third-order valence-corrected chi connectivity index (χ3v) is 6.88. The predicted molar refractivity (Wildman–Crippen MR) is 94.1 cm³/mol. The van der Waals surface area contributed by atoms with Crippen molar-refractivity contribution in [2.24, 2.45) is 0 Å². The van der Waals surface area contributed by atoms with Crippen LogP contribution in [0.3, 0.4) is 0 Å². The summed E-state index contributed by atoms with van der Waals surface area (Å²) in [5.74, 6) is -3.87. The van der Waals surface area contributed by atoms with Gasteiger partial charge in [-0.25, -0.2) is 30.4 Å². The highest BCUT2D eigenvalue weighted by atomic mass is 35.5. The largest absolute Gasteiger partial charge is 0.465 e. The van der Waals surface area contributed by atoms with E-state index in [1.165, 1.54) is 0 Å².